The molecular weight excluding hydrogens is 260 g/mol. The van der Waals surface area contributed by atoms with Crippen LogP contribution in [0.5, 0.6) is 0 Å². The summed E-state index contributed by atoms with van der Waals surface area (Å²) in [7, 11) is -2.25. The average Bonchev–Trinajstić information content (AvgIpc) is 2.78. The maximum Gasteiger partial charge on any atom is 0.352 e. The fraction of sp³-hybridized carbons (Fsp3) is 0.500. The van der Waals surface area contributed by atoms with Crippen molar-refractivity contribution < 1.29 is 23.1 Å². The quantitative estimate of drug-likeness (QED) is 0.668. The molecule has 0 spiro atoms. The first-order valence-electron chi connectivity index (χ1n) is 5.33. The molecule has 0 saturated heterocycles. The van der Waals surface area contributed by atoms with Crippen LogP contribution in [-0.2, 0) is 14.8 Å². The van der Waals surface area contributed by atoms with Crippen LogP contribution < -0.4 is 4.72 Å². The number of sulfonamides is 1. The highest BCUT2D eigenvalue weighted by atomic mass is 32.2. The van der Waals surface area contributed by atoms with E-state index < -0.39 is 16.0 Å². The number of rotatable bonds is 7. The van der Waals surface area contributed by atoms with E-state index >= 15 is 0 Å². The average molecular weight is 276 g/mol. The largest absolute Gasteiger partial charge is 0.477 e. The third kappa shape index (κ3) is 3.56. The third-order valence-electron chi connectivity index (χ3n) is 2.38. The van der Waals surface area contributed by atoms with Crippen molar-refractivity contribution in [2.75, 3.05) is 13.7 Å². The summed E-state index contributed by atoms with van der Waals surface area (Å²) in [5, 5.41) is 8.71. The van der Waals surface area contributed by atoms with Crippen LogP contribution in [0.15, 0.2) is 17.2 Å². The van der Waals surface area contributed by atoms with E-state index in [-0.39, 0.29) is 23.2 Å². The number of carboxylic acid groups (broad SMARTS) is 1. The minimum absolute atomic E-state index is 0.102. The molecule has 8 heteroatoms. The van der Waals surface area contributed by atoms with Crippen LogP contribution in [0.2, 0.25) is 0 Å². The van der Waals surface area contributed by atoms with Crippen molar-refractivity contribution in [2.45, 2.75) is 24.3 Å². The Morgan fingerprint density at radius 2 is 2.28 bits per heavy atom. The molecule has 0 aliphatic rings. The first kappa shape index (κ1) is 14.7. The van der Waals surface area contributed by atoms with Crippen molar-refractivity contribution in [3.8, 4) is 0 Å². The zero-order valence-electron chi connectivity index (χ0n) is 10.1. The number of ether oxygens (including phenoxy) is 1. The highest BCUT2D eigenvalue weighted by Gasteiger charge is 2.21. The standard InChI is InChI=1S/C10H16N2O5S/c1-3-7(6-17-2)12-18(15,16)8-4-9(10(13)14)11-5-8/h4-5,7,11-12H,3,6H2,1-2H3,(H,13,14). The molecule has 3 N–H and O–H groups in total. The smallest absolute Gasteiger partial charge is 0.352 e. The van der Waals surface area contributed by atoms with Gasteiger partial charge in [-0.1, -0.05) is 6.92 Å². The summed E-state index contributed by atoms with van der Waals surface area (Å²) in [5.74, 6) is -1.21. The second-order valence-corrected chi connectivity index (χ2v) is 5.45. The van der Waals surface area contributed by atoms with Gasteiger partial charge in [-0.3, -0.25) is 0 Å². The number of carbonyl (C=O) groups is 1. The van der Waals surface area contributed by atoms with Gasteiger partial charge in [0.1, 0.15) is 10.6 Å². The molecule has 1 atom stereocenters. The Bertz CT molecular complexity index is 508. The van der Waals surface area contributed by atoms with Gasteiger partial charge in [0.25, 0.3) is 0 Å². The fourth-order valence-electron chi connectivity index (χ4n) is 1.38. The summed E-state index contributed by atoms with van der Waals surface area (Å²) in [6, 6.07) is 0.729. The van der Waals surface area contributed by atoms with Crippen molar-refractivity contribution in [3.05, 3.63) is 18.0 Å². The number of carboxylic acids is 1. The lowest BCUT2D eigenvalue weighted by atomic mass is 10.3. The van der Waals surface area contributed by atoms with Crippen LogP contribution in [0.1, 0.15) is 23.8 Å². The SMILES string of the molecule is CCC(COC)NS(=O)(=O)c1c[nH]c(C(=O)O)c1. The Morgan fingerprint density at radius 3 is 2.72 bits per heavy atom. The van der Waals surface area contributed by atoms with Crippen LogP contribution in [0.4, 0.5) is 0 Å². The predicted molar refractivity (Wildman–Crippen MR) is 64.0 cm³/mol. The summed E-state index contributed by atoms with van der Waals surface area (Å²) >= 11 is 0. The van der Waals surface area contributed by atoms with Crippen LogP contribution in [0, 0.1) is 0 Å². The van der Waals surface area contributed by atoms with Crippen molar-refractivity contribution in [2.24, 2.45) is 0 Å². The summed E-state index contributed by atoms with van der Waals surface area (Å²) in [6.07, 6.45) is 1.72. The third-order valence-corrected chi connectivity index (χ3v) is 3.88. The zero-order valence-corrected chi connectivity index (χ0v) is 11.0. The van der Waals surface area contributed by atoms with Gasteiger partial charge in [0.05, 0.1) is 6.61 Å². The number of nitrogens with one attached hydrogen (secondary N) is 2. The molecule has 0 aromatic carbocycles. The first-order valence-corrected chi connectivity index (χ1v) is 6.82. The molecule has 1 unspecified atom stereocenters. The summed E-state index contributed by atoms with van der Waals surface area (Å²) in [6.45, 7) is 2.08. The van der Waals surface area contributed by atoms with Gasteiger partial charge < -0.3 is 14.8 Å². The Labute approximate surface area is 105 Å². The van der Waals surface area contributed by atoms with Crippen molar-refractivity contribution in [1.82, 2.24) is 9.71 Å². The molecule has 18 heavy (non-hydrogen) atoms. The minimum Gasteiger partial charge on any atom is -0.477 e. The number of aromatic carboxylic acids is 1. The van der Waals surface area contributed by atoms with Crippen LogP contribution in [-0.4, -0.2) is 44.2 Å². The molecule has 1 rings (SSSR count). The second kappa shape index (κ2) is 5.98. The lowest BCUT2D eigenvalue weighted by Crippen LogP contribution is -2.37. The van der Waals surface area contributed by atoms with E-state index in [9.17, 15) is 13.2 Å². The highest BCUT2D eigenvalue weighted by Crippen LogP contribution is 2.11. The molecule has 0 amide bonds. The molecule has 1 aromatic rings. The van der Waals surface area contributed by atoms with Gasteiger partial charge in [-0.05, 0) is 12.5 Å². The number of methoxy groups -OCH3 is 1. The van der Waals surface area contributed by atoms with E-state index in [1.165, 1.54) is 7.11 Å². The maximum atomic E-state index is 11.9. The highest BCUT2D eigenvalue weighted by molar-refractivity contribution is 7.89. The summed E-state index contributed by atoms with van der Waals surface area (Å²) in [5.41, 5.74) is -0.171. The molecule has 0 radical (unpaired) electrons. The van der Waals surface area contributed by atoms with Gasteiger partial charge in [-0.25, -0.2) is 17.9 Å². The van der Waals surface area contributed by atoms with E-state index in [4.69, 9.17) is 9.84 Å². The monoisotopic (exact) mass is 276 g/mol. The zero-order chi connectivity index (χ0) is 13.8. The van der Waals surface area contributed by atoms with Gasteiger partial charge >= 0.3 is 5.97 Å². The molecular formula is C10H16N2O5S. The molecule has 0 bridgehead atoms. The number of hydrogen-bond donors (Lipinski definition) is 3. The molecule has 0 aliphatic heterocycles. The number of aromatic amines is 1. The van der Waals surface area contributed by atoms with Crippen LogP contribution in [0.25, 0.3) is 0 Å². The molecule has 1 heterocycles. The Morgan fingerprint density at radius 1 is 1.61 bits per heavy atom. The van der Waals surface area contributed by atoms with Gasteiger partial charge in [0.15, 0.2) is 0 Å². The maximum absolute atomic E-state index is 11.9. The minimum atomic E-state index is -3.73. The van der Waals surface area contributed by atoms with Crippen LogP contribution >= 0.6 is 0 Å². The van der Waals surface area contributed by atoms with Crippen molar-refractivity contribution >= 4 is 16.0 Å². The Kier molecular flexibility index (Phi) is 4.88. The Balaban J connectivity index is 2.88. The van der Waals surface area contributed by atoms with E-state index in [1.54, 1.807) is 0 Å². The summed E-state index contributed by atoms with van der Waals surface area (Å²) in [4.78, 5) is 12.9. The van der Waals surface area contributed by atoms with Crippen LogP contribution in [0.3, 0.4) is 0 Å². The molecule has 1 aromatic heterocycles. The lowest BCUT2D eigenvalue weighted by Gasteiger charge is -2.15. The van der Waals surface area contributed by atoms with Gasteiger partial charge in [0.2, 0.25) is 10.0 Å². The van der Waals surface area contributed by atoms with E-state index in [0.29, 0.717) is 6.42 Å². The van der Waals surface area contributed by atoms with E-state index in [1.807, 2.05) is 6.92 Å². The topological polar surface area (TPSA) is 108 Å². The second-order valence-electron chi connectivity index (χ2n) is 3.74. The molecule has 7 nitrogen and oxygen atoms in total. The fourth-order valence-corrected chi connectivity index (χ4v) is 2.67. The number of aromatic nitrogens is 1. The summed E-state index contributed by atoms with van der Waals surface area (Å²) < 4.78 is 31.2. The van der Waals surface area contributed by atoms with Gasteiger partial charge in [0, 0.05) is 19.3 Å². The van der Waals surface area contributed by atoms with Gasteiger partial charge in [-0.2, -0.15) is 0 Å². The first-order chi connectivity index (χ1) is 8.40. The molecule has 0 aliphatic carbocycles. The Hall–Kier alpha value is -1.38. The number of hydrogen-bond acceptors (Lipinski definition) is 4. The normalized spacial score (nSPS) is 13.4. The molecule has 0 saturated carbocycles. The van der Waals surface area contributed by atoms with E-state index in [0.717, 1.165) is 12.3 Å². The van der Waals surface area contributed by atoms with E-state index in [2.05, 4.69) is 9.71 Å². The number of H-pyrrole nitrogens is 1. The van der Waals surface area contributed by atoms with Crippen molar-refractivity contribution in [3.63, 3.8) is 0 Å². The lowest BCUT2D eigenvalue weighted by molar-refractivity contribution is 0.0691. The van der Waals surface area contributed by atoms with Crippen molar-refractivity contribution in [1.29, 1.82) is 0 Å². The molecule has 102 valence electrons. The van der Waals surface area contributed by atoms with Gasteiger partial charge in [-0.15, -0.1) is 0 Å². The predicted octanol–water partition coefficient (Wildman–Crippen LogP) is 0.416. The molecule has 0 fully saturated rings.